The molecule has 4 nitrogen and oxygen atoms in total. The number of nitrogens with two attached hydrogens (primary N) is 1. The molecule has 0 saturated carbocycles. The Hall–Kier alpha value is -1.55. The van der Waals surface area contributed by atoms with Gasteiger partial charge in [0.15, 0.2) is 0 Å². The maximum absolute atomic E-state index is 5.82. The van der Waals surface area contributed by atoms with Crippen LogP contribution in [0.3, 0.4) is 0 Å². The number of nitrogens with zero attached hydrogens (tertiary/aromatic N) is 2. The number of nitrogen functional groups attached to an aromatic ring is 1. The van der Waals surface area contributed by atoms with Gasteiger partial charge in [-0.05, 0) is 30.7 Å². The zero-order valence-corrected chi connectivity index (χ0v) is 8.25. The molecule has 2 N–H and O–H groups in total. The van der Waals surface area contributed by atoms with Crippen molar-refractivity contribution < 1.29 is 4.42 Å². The van der Waals surface area contributed by atoms with Crippen LogP contribution in [0.15, 0.2) is 22.6 Å². The molecule has 0 spiro atoms. The first-order valence-corrected chi connectivity index (χ1v) is 4.40. The third-order valence-electron chi connectivity index (χ3n) is 1.86. The smallest absolute Gasteiger partial charge is 0.313 e. The minimum atomic E-state index is 0.0642. The second kappa shape index (κ2) is 3.31. The summed E-state index contributed by atoms with van der Waals surface area (Å²) in [5, 5.41) is 8.06. The van der Waals surface area contributed by atoms with Crippen molar-refractivity contribution in [3.63, 3.8) is 0 Å². The maximum atomic E-state index is 5.82. The Morgan fingerprint density at radius 1 is 1.36 bits per heavy atom. The van der Waals surface area contributed by atoms with Crippen molar-refractivity contribution >= 4 is 17.6 Å². The first-order chi connectivity index (χ1) is 6.66. The highest BCUT2D eigenvalue weighted by atomic mass is 35.5. The lowest BCUT2D eigenvalue weighted by Crippen LogP contribution is -1.83. The topological polar surface area (TPSA) is 64.9 Å². The molecule has 0 unspecified atom stereocenters. The van der Waals surface area contributed by atoms with Gasteiger partial charge in [-0.2, -0.15) is 0 Å². The summed E-state index contributed by atoms with van der Waals surface area (Å²) in [6.07, 6.45) is 0. The molecule has 0 amide bonds. The van der Waals surface area contributed by atoms with Crippen molar-refractivity contribution in [1.29, 1.82) is 0 Å². The standard InChI is InChI=1S/C9H8ClN3O/c1-5-4-6(10)2-3-7(5)8-12-13-9(11)14-8/h2-4H,1H3,(H2,11,13). The van der Waals surface area contributed by atoms with E-state index in [-0.39, 0.29) is 6.01 Å². The van der Waals surface area contributed by atoms with Crippen molar-refractivity contribution in [3.05, 3.63) is 28.8 Å². The number of benzene rings is 1. The molecular weight excluding hydrogens is 202 g/mol. The van der Waals surface area contributed by atoms with E-state index in [1.807, 2.05) is 19.1 Å². The average molecular weight is 210 g/mol. The predicted molar refractivity (Wildman–Crippen MR) is 53.9 cm³/mol. The average Bonchev–Trinajstić information content (AvgIpc) is 2.51. The monoisotopic (exact) mass is 209 g/mol. The molecule has 0 aliphatic carbocycles. The number of aromatic nitrogens is 2. The highest BCUT2D eigenvalue weighted by Gasteiger charge is 2.08. The lowest BCUT2D eigenvalue weighted by molar-refractivity contribution is 0.590. The number of aryl methyl sites for hydroxylation is 1. The van der Waals surface area contributed by atoms with Crippen molar-refractivity contribution in [2.45, 2.75) is 6.92 Å². The second-order valence-electron chi connectivity index (χ2n) is 2.90. The van der Waals surface area contributed by atoms with Gasteiger partial charge in [-0.3, -0.25) is 0 Å². The van der Waals surface area contributed by atoms with E-state index in [2.05, 4.69) is 10.2 Å². The molecule has 1 heterocycles. The summed E-state index contributed by atoms with van der Waals surface area (Å²) in [5.41, 5.74) is 7.15. The summed E-state index contributed by atoms with van der Waals surface area (Å²) in [4.78, 5) is 0. The molecule has 0 aliphatic heterocycles. The van der Waals surface area contributed by atoms with E-state index in [0.29, 0.717) is 10.9 Å². The van der Waals surface area contributed by atoms with Crippen LogP contribution in [0, 0.1) is 6.92 Å². The molecular formula is C9H8ClN3O. The fourth-order valence-electron chi connectivity index (χ4n) is 1.21. The first-order valence-electron chi connectivity index (χ1n) is 4.02. The summed E-state index contributed by atoms with van der Waals surface area (Å²) in [6.45, 7) is 1.92. The lowest BCUT2D eigenvalue weighted by Gasteiger charge is -2.00. The molecule has 0 radical (unpaired) electrons. The van der Waals surface area contributed by atoms with Crippen molar-refractivity contribution in [2.75, 3.05) is 5.73 Å². The van der Waals surface area contributed by atoms with Crippen LogP contribution in [0.1, 0.15) is 5.56 Å². The van der Waals surface area contributed by atoms with Gasteiger partial charge in [-0.15, -0.1) is 5.10 Å². The number of rotatable bonds is 1. The maximum Gasteiger partial charge on any atom is 0.313 e. The van der Waals surface area contributed by atoms with Crippen LogP contribution in [0.2, 0.25) is 5.02 Å². The Morgan fingerprint density at radius 3 is 2.71 bits per heavy atom. The van der Waals surface area contributed by atoms with Gasteiger partial charge >= 0.3 is 6.01 Å². The number of halogens is 1. The van der Waals surface area contributed by atoms with Crippen molar-refractivity contribution in [3.8, 4) is 11.5 Å². The molecule has 1 aromatic carbocycles. The minimum Gasteiger partial charge on any atom is -0.404 e. The molecule has 0 fully saturated rings. The van der Waals surface area contributed by atoms with Gasteiger partial charge in [-0.25, -0.2) is 0 Å². The Bertz CT molecular complexity index is 467. The molecule has 0 atom stereocenters. The van der Waals surface area contributed by atoms with Crippen LogP contribution in [-0.4, -0.2) is 10.2 Å². The summed E-state index contributed by atoms with van der Waals surface area (Å²) in [6, 6.07) is 5.49. The number of hydrogen-bond acceptors (Lipinski definition) is 4. The van der Waals surface area contributed by atoms with E-state index < -0.39 is 0 Å². The van der Waals surface area contributed by atoms with Crippen molar-refractivity contribution in [2.24, 2.45) is 0 Å². The fourth-order valence-corrected chi connectivity index (χ4v) is 1.44. The fraction of sp³-hybridized carbons (Fsp3) is 0.111. The van der Waals surface area contributed by atoms with Gasteiger partial charge in [0.1, 0.15) is 0 Å². The Kier molecular flexibility index (Phi) is 2.13. The minimum absolute atomic E-state index is 0.0642. The van der Waals surface area contributed by atoms with Crippen LogP contribution in [0.25, 0.3) is 11.5 Å². The van der Waals surface area contributed by atoms with Crippen molar-refractivity contribution in [1.82, 2.24) is 10.2 Å². The Morgan fingerprint density at radius 2 is 2.14 bits per heavy atom. The van der Waals surface area contributed by atoms with Gasteiger partial charge in [0, 0.05) is 10.6 Å². The lowest BCUT2D eigenvalue weighted by atomic mass is 10.1. The van der Waals surface area contributed by atoms with E-state index >= 15 is 0 Å². The molecule has 14 heavy (non-hydrogen) atoms. The zero-order valence-electron chi connectivity index (χ0n) is 7.49. The molecule has 0 aliphatic rings. The van der Waals surface area contributed by atoms with Gasteiger partial charge in [-0.1, -0.05) is 16.7 Å². The molecule has 0 bridgehead atoms. The van der Waals surface area contributed by atoms with E-state index in [4.69, 9.17) is 21.8 Å². The zero-order chi connectivity index (χ0) is 10.1. The van der Waals surface area contributed by atoms with Gasteiger partial charge < -0.3 is 10.2 Å². The molecule has 2 aromatic rings. The quantitative estimate of drug-likeness (QED) is 0.783. The second-order valence-corrected chi connectivity index (χ2v) is 3.34. The first kappa shape index (κ1) is 9.02. The summed E-state index contributed by atoms with van der Waals surface area (Å²) in [5.74, 6) is 0.414. The van der Waals surface area contributed by atoms with Crippen LogP contribution < -0.4 is 5.73 Å². The molecule has 1 aromatic heterocycles. The van der Waals surface area contributed by atoms with Gasteiger partial charge in [0.2, 0.25) is 5.89 Å². The summed E-state index contributed by atoms with van der Waals surface area (Å²) in [7, 11) is 0. The molecule has 2 rings (SSSR count). The highest BCUT2D eigenvalue weighted by Crippen LogP contribution is 2.24. The Labute approximate surface area is 85.7 Å². The van der Waals surface area contributed by atoms with Crippen LogP contribution in [0.4, 0.5) is 6.01 Å². The van der Waals surface area contributed by atoms with E-state index in [0.717, 1.165) is 11.1 Å². The third kappa shape index (κ3) is 1.56. The van der Waals surface area contributed by atoms with Crippen LogP contribution >= 0.6 is 11.6 Å². The van der Waals surface area contributed by atoms with E-state index in [1.54, 1.807) is 6.07 Å². The predicted octanol–water partition coefficient (Wildman–Crippen LogP) is 2.28. The van der Waals surface area contributed by atoms with Crippen LogP contribution in [0.5, 0.6) is 0 Å². The summed E-state index contributed by atoms with van der Waals surface area (Å²) < 4.78 is 5.10. The molecule has 5 heteroatoms. The van der Waals surface area contributed by atoms with E-state index in [9.17, 15) is 0 Å². The number of hydrogen-bond donors (Lipinski definition) is 1. The molecule has 72 valence electrons. The SMILES string of the molecule is Cc1cc(Cl)ccc1-c1nnc(N)o1. The summed E-state index contributed by atoms with van der Waals surface area (Å²) >= 11 is 5.82. The number of anilines is 1. The molecule has 0 saturated heterocycles. The van der Waals surface area contributed by atoms with Gasteiger partial charge in [0.05, 0.1) is 0 Å². The Balaban J connectivity index is 2.52. The highest BCUT2D eigenvalue weighted by molar-refractivity contribution is 6.30. The van der Waals surface area contributed by atoms with Gasteiger partial charge in [0.25, 0.3) is 0 Å². The normalized spacial score (nSPS) is 10.4. The van der Waals surface area contributed by atoms with E-state index in [1.165, 1.54) is 0 Å². The largest absolute Gasteiger partial charge is 0.404 e. The van der Waals surface area contributed by atoms with Crippen LogP contribution in [-0.2, 0) is 0 Å². The third-order valence-corrected chi connectivity index (χ3v) is 2.09.